The number of piperazine rings is 1. The second kappa shape index (κ2) is 12.8. The maximum absolute atomic E-state index is 12.7. The van der Waals surface area contributed by atoms with E-state index >= 15 is 0 Å². The number of benzene rings is 2. The fourth-order valence-corrected chi connectivity index (χ4v) is 5.99. The predicted molar refractivity (Wildman–Crippen MR) is 169 cm³/mol. The summed E-state index contributed by atoms with van der Waals surface area (Å²) in [6, 6.07) is 13.4. The molecule has 2 aromatic heterocycles. The van der Waals surface area contributed by atoms with Crippen molar-refractivity contribution in [2.75, 3.05) is 49.2 Å². The van der Waals surface area contributed by atoms with Crippen molar-refractivity contribution in [2.45, 2.75) is 45.1 Å². The minimum atomic E-state index is -0.952. The van der Waals surface area contributed by atoms with E-state index in [1.165, 1.54) is 15.6 Å². The first-order valence-corrected chi connectivity index (χ1v) is 15.5. The van der Waals surface area contributed by atoms with Gasteiger partial charge in [0.1, 0.15) is 30.6 Å². The number of anilines is 2. The van der Waals surface area contributed by atoms with Crippen molar-refractivity contribution in [3.05, 3.63) is 87.3 Å². The van der Waals surface area contributed by atoms with Crippen LogP contribution in [0.2, 0.25) is 10.0 Å². The van der Waals surface area contributed by atoms with E-state index in [9.17, 15) is 4.79 Å². The average Bonchev–Trinajstić information content (AvgIpc) is 3.62. The number of hydrogen-bond acceptors (Lipinski definition) is 9. The molecular weight excluding hydrogens is 605 g/mol. The SMILES string of the molecule is CCC(C)n1ncn(-c2cnc(N3CCN(c4ccc(OCC5COC(C)(c6ccc(Cl)cc6Cl)O5)cc4)CC3)cn2)c1=O. The van der Waals surface area contributed by atoms with Gasteiger partial charge in [-0.2, -0.15) is 5.10 Å². The molecule has 0 bridgehead atoms. The van der Waals surface area contributed by atoms with Gasteiger partial charge in [0.2, 0.25) is 0 Å². The molecule has 2 aliphatic rings. The summed E-state index contributed by atoms with van der Waals surface area (Å²) in [5, 5.41) is 5.29. The van der Waals surface area contributed by atoms with Crippen molar-refractivity contribution < 1.29 is 14.2 Å². The van der Waals surface area contributed by atoms with E-state index in [1.807, 2.05) is 39.0 Å². The zero-order valence-electron chi connectivity index (χ0n) is 24.9. The summed E-state index contributed by atoms with van der Waals surface area (Å²) in [5.41, 5.74) is 1.65. The molecule has 0 radical (unpaired) electrons. The summed E-state index contributed by atoms with van der Waals surface area (Å²) in [6.45, 7) is 9.86. The summed E-state index contributed by atoms with van der Waals surface area (Å²) in [5.74, 6) is 1.05. The van der Waals surface area contributed by atoms with Crippen LogP contribution < -0.4 is 20.2 Å². The first-order valence-electron chi connectivity index (χ1n) is 14.7. The van der Waals surface area contributed by atoms with Crippen molar-refractivity contribution in [1.29, 1.82) is 0 Å². The summed E-state index contributed by atoms with van der Waals surface area (Å²) in [4.78, 5) is 26.3. The lowest BCUT2D eigenvalue weighted by Gasteiger charge is -2.36. The van der Waals surface area contributed by atoms with E-state index in [-0.39, 0.29) is 17.8 Å². The number of rotatable bonds is 9. The highest BCUT2D eigenvalue weighted by atomic mass is 35.5. The van der Waals surface area contributed by atoms with Gasteiger partial charge in [-0.15, -0.1) is 0 Å². The molecule has 2 aromatic carbocycles. The number of nitrogens with zero attached hydrogens (tertiary/aromatic N) is 7. The fourth-order valence-electron chi connectivity index (χ4n) is 5.41. The van der Waals surface area contributed by atoms with Gasteiger partial charge in [-0.25, -0.2) is 24.0 Å². The Hall–Kier alpha value is -3.64. The van der Waals surface area contributed by atoms with Crippen molar-refractivity contribution in [1.82, 2.24) is 24.3 Å². The van der Waals surface area contributed by atoms with Gasteiger partial charge in [-0.1, -0.05) is 36.2 Å². The van der Waals surface area contributed by atoms with Crippen LogP contribution in [0.15, 0.2) is 66.0 Å². The van der Waals surface area contributed by atoms with Crippen LogP contribution in [-0.2, 0) is 15.3 Å². The molecule has 0 amide bonds. The molecule has 2 fully saturated rings. The lowest BCUT2D eigenvalue weighted by atomic mass is 10.1. The van der Waals surface area contributed by atoms with E-state index in [0.29, 0.717) is 29.1 Å². The molecule has 0 N–H and O–H groups in total. The number of hydrogen-bond donors (Lipinski definition) is 0. The smallest absolute Gasteiger partial charge is 0.351 e. The van der Waals surface area contributed by atoms with Gasteiger partial charge in [0, 0.05) is 42.5 Å². The number of halogens is 2. The minimum Gasteiger partial charge on any atom is -0.491 e. The van der Waals surface area contributed by atoms with Crippen molar-refractivity contribution >= 4 is 34.7 Å². The van der Waals surface area contributed by atoms with Crippen molar-refractivity contribution in [3.63, 3.8) is 0 Å². The Morgan fingerprint density at radius 2 is 1.73 bits per heavy atom. The molecule has 11 nitrogen and oxygen atoms in total. The molecule has 2 saturated heterocycles. The maximum atomic E-state index is 12.7. The van der Waals surface area contributed by atoms with Gasteiger partial charge in [0.05, 0.1) is 30.1 Å². The molecule has 0 spiro atoms. The van der Waals surface area contributed by atoms with Gasteiger partial charge in [-0.05, 0) is 56.7 Å². The van der Waals surface area contributed by atoms with E-state index in [0.717, 1.165) is 55.4 Å². The molecule has 3 atom stereocenters. The van der Waals surface area contributed by atoms with Gasteiger partial charge in [0.15, 0.2) is 11.6 Å². The second-order valence-electron chi connectivity index (χ2n) is 11.1. The molecule has 4 heterocycles. The summed E-state index contributed by atoms with van der Waals surface area (Å²) in [6.07, 6.45) is 5.43. The Balaban J connectivity index is 0.991. The molecule has 0 saturated carbocycles. The minimum absolute atomic E-state index is 0.0243. The van der Waals surface area contributed by atoms with E-state index in [4.69, 9.17) is 37.4 Å². The van der Waals surface area contributed by atoms with E-state index in [1.54, 1.807) is 24.5 Å². The summed E-state index contributed by atoms with van der Waals surface area (Å²) < 4.78 is 21.1. The van der Waals surface area contributed by atoms with Gasteiger partial charge < -0.3 is 24.0 Å². The van der Waals surface area contributed by atoms with Crippen LogP contribution in [0.5, 0.6) is 5.75 Å². The first-order chi connectivity index (χ1) is 21.2. The van der Waals surface area contributed by atoms with Crippen LogP contribution in [-0.4, -0.2) is 69.8 Å². The Bertz CT molecular complexity index is 1640. The molecule has 44 heavy (non-hydrogen) atoms. The molecule has 0 aliphatic carbocycles. The number of ether oxygens (including phenoxy) is 3. The topological polar surface area (TPSA) is 99.8 Å². The lowest BCUT2D eigenvalue weighted by Crippen LogP contribution is -2.46. The lowest BCUT2D eigenvalue weighted by molar-refractivity contribution is -0.164. The van der Waals surface area contributed by atoms with Crippen LogP contribution in [0.4, 0.5) is 11.5 Å². The standard InChI is InChI=1S/C31H35Cl2N7O4/c1-4-21(2)40-30(41)39(20-36-40)29-17-34-28(16-35-29)38-13-11-37(12-14-38)23-6-8-24(9-7-23)42-18-25-19-43-31(3,44-25)26-10-5-22(32)15-27(26)33/h5-10,15-17,20-21,25H,4,11-14,18-19H2,1-3H3. The van der Waals surface area contributed by atoms with Gasteiger partial charge in [-0.3, -0.25) is 0 Å². The third-order valence-corrected chi connectivity index (χ3v) is 8.72. The summed E-state index contributed by atoms with van der Waals surface area (Å²) in [7, 11) is 0. The predicted octanol–water partition coefficient (Wildman–Crippen LogP) is 5.10. The molecule has 4 aromatic rings. The molecule has 13 heteroatoms. The van der Waals surface area contributed by atoms with Crippen LogP contribution in [0, 0.1) is 0 Å². The Morgan fingerprint density at radius 3 is 2.41 bits per heavy atom. The average molecular weight is 641 g/mol. The van der Waals surface area contributed by atoms with Gasteiger partial charge >= 0.3 is 5.69 Å². The quantitative estimate of drug-likeness (QED) is 0.248. The maximum Gasteiger partial charge on any atom is 0.351 e. The molecular formula is C31H35Cl2N7O4. The zero-order valence-corrected chi connectivity index (χ0v) is 26.4. The normalized spacial score (nSPS) is 21.1. The first kappa shape index (κ1) is 30.4. The highest BCUT2D eigenvalue weighted by Crippen LogP contribution is 2.38. The number of aromatic nitrogens is 5. The monoisotopic (exact) mass is 639 g/mol. The molecule has 2 aliphatic heterocycles. The van der Waals surface area contributed by atoms with Crippen molar-refractivity contribution in [2.24, 2.45) is 0 Å². The highest BCUT2D eigenvalue weighted by molar-refractivity contribution is 6.35. The third kappa shape index (κ3) is 6.28. The van der Waals surface area contributed by atoms with Crippen LogP contribution in [0.3, 0.4) is 0 Å². The van der Waals surface area contributed by atoms with Crippen LogP contribution in [0.25, 0.3) is 5.82 Å². The fraction of sp³-hybridized carbons (Fsp3) is 0.419. The largest absolute Gasteiger partial charge is 0.491 e. The Labute approximate surface area is 265 Å². The van der Waals surface area contributed by atoms with Crippen LogP contribution in [0.1, 0.15) is 38.8 Å². The van der Waals surface area contributed by atoms with Gasteiger partial charge in [0.25, 0.3) is 0 Å². The molecule has 3 unspecified atom stereocenters. The molecule has 232 valence electrons. The molecule has 6 rings (SSSR count). The Morgan fingerprint density at radius 1 is 1.02 bits per heavy atom. The zero-order chi connectivity index (χ0) is 30.8. The van der Waals surface area contributed by atoms with E-state index in [2.05, 4.69) is 37.0 Å². The van der Waals surface area contributed by atoms with Crippen molar-refractivity contribution in [3.8, 4) is 11.6 Å². The Kier molecular flexibility index (Phi) is 8.82. The summed E-state index contributed by atoms with van der Waals surface area (Å²) >= 11 is 12.4. The van der Waals surface area contributed by atoms with E-state index < -0.39 is 5.79 Å². The van der Waals surface area contributed by atoms with Crippen LogP contribution >= 0.6 is 23.2 Å². The second-order valence-corrected chi connectivity index (χ2v) is 12.0. The highest BCUT2D eigenvalue weighted by Gasteiger charge is 2.40. The third-order valence-electron chi connectivity index (χ3n) is 8.17.